The van der Waals surface area contributed by atoms with Crippen molar-refractivity contribution in [3.05, 3.63) is 34.9 Å². The summed E-state index contributed by atoms with van der Waals surface area (Å²) < 4.78 is 5.36. The molecule has 0 aliphatic carbocycles. The van der Waals surface area contributed by atoms with E-state index in [1.807, 2.05) is 12.1 Å². The van der Waals surface area contributed by atoms with Crippen LogP contribution in [0, 0.1) is 0 Å². The highest BCUT2D eigenvalue weighted by molar-refractivity contribution is 6.35. The Hall–Kier alpha value is -1.59. The Morgan fingerprint density at radius 1 is 1.25 bits per heavy atom. The van der Waals surface area contributed by atoms with Gasteiger partial charge in [-0.2, -0.15) is 0 Å². The molecule has 1 aliphatic heterocycles. The normalized spacial score (nSPS) is 17.8. The summed E-state index contributed by atoms with van der Waals surface area (Å²) in [6.45, 7) is 1.32. The van der Waals surface area contributed by atoms with Crippen LogP contribution >= 0.6 is 11.6 Å². The molecule has 2 amide bonds. The maximum atomic E-state index is 11.6. The summed E-state index contributed by atoms with van der Waals surface area (Å²) in [4.78, 5) is 23.2. The van der Waals surface area contributed by atoms with Gasteiger partial charge in [-0.1, -0.05) is 29.8 Å². The lowest BCUT2D eigenvalue weighted by atomic mass is 10.2. The molecule has 2 N–H and O–H groups in total. The van der Waals surface area contributed by atoms with E-state index in [1.54, 1.807) is 12.1 Å². The van der Waals surface area contributed by atoms with E-state index in [2.05, 4.69) is 10.6 Å². The number of carbonyl (C=O) groups excluding carboxylic acids is 2. The van der Waals surface area contributed by atoms with Crippen LogP contribution in [0.1, 0.15) is 18.4 Å². The second-order valence-corrected chi connectivity index (χ2v) is 5.03. The smallest absolute Gasteiger partial charge is 0.309 e. The Morgan fingerprint density at radius 2 is 2.00 bits per heavy atom. The number of halogens is 1. The second-order valence-electron chi connectivity index (χ2n) is 4.62. The molecule has 1 fully saturated rings. The van der Waals surface area contributed by atoms with Gasteiger partial charge in [-0.25, -0.2) is 0 Å². The first kappa shape index (κ1) is 14.8. The first-order chi connectivity index (χ1) is 9.66. The third-order valence-corrected chi connectivity index (χ3v) is 3.49. The highest BCUT2D eigenvalue weighted by Crippen LogP contribution is 2.14. The van der Waals surface area contributed by atoms with Gasteiger partial charge in [0, 0.05) is 24.7 Å². The van der Waals surface area contributed by atoms with Crippen LogP contribution in [0.25, 0.3) is 0 Å². The van der Waals surface area contributed by atoms with E-state index in [0.717, 1.165) is 25.0 Å². The zero-order chi connectivity index (χ0) is 14.4. The van der Waals surface area contributed by atoms with Gasteiger partial charge in [0.2, 0.25) is 0 Å². The Labute approximate surface area is 122 Å². The minimum absolute atomic E-state index is 0.0234. The Morgan fingerprint density at radius 3 is 2.70 bits per heavy atom. The van der Waals surface area contributed by atoms with Gasteiger partial charge < -0.3 is 15.4 Å². The monoisotopic (exact) mass is 296 g/mol. The van der Waals surface area contributed by atoms with E-state index in [-0.39, 0.29) is 12.6 Å². The third-order valence-electron chi connectivity index (χ3n) is 3.12. The van der Waals surface area contributed by atoms with Gasteiger partial charge in [-0.3, -0.25) is 9.59 Å². The van der Waals surface area contributed by atoms with Crippen molar-refractivity contribution in [2.45, 2.75) is 25.5 Å². The molecule has 6 heteroatoms. The molecule has 108 valence electrons. The molecule has 1 saturated heterocycles. The lowest BCUT2D eigenvalue weighted by Crippen LogP contribution is -2.42. The maximum Gasteiger partial charge on any atom is 0.309 e. The molecule has 0 bridgehead atoms. The zero-order valence-electron chi connectivity index (χ0n) is 11.0. The standard InChI is InChI=1S/C14H17ClN2O3/c15-12-6-2-1-4-10(12)8-16-13(18)14(19)17-9-11-5-3-7-20-11/h1-2,4,6,11H,3,5,7-9H2,(H,16,18)(H,17,19). The van der Waals surface area contributed by atoms with E-state index in [9.17, 15) is 9.59 Å². The van der Waals surface area contributed by atoms with Gasteiger partial charge in [-0.05, 0) is 24.5 Å². The van der Waals surface area contributed by atoms with Crippen molar-refractivity contribution in [2.24, 2.45) is 0 Å². The SMILES string of the molecule is O=C(NCc1ccccc1Cl)C(=O)NCC1CCCO1. The van der Waals surface area contributed by atoms with Crippen LogP contribution in [0.5, 0.6) is 0 Å². The molecule has 1 aliphatic rings. The van der Waals surface area contributed by atoms with Crippen LogP contribution < -0.4 is 10.6 Å². The first-order valence-corrected chi connectivity index (χ1v) is 6.95. The average Bonchev–Trinajstić information content (AvgIpc) is 2.97. The quantitative estimate of drug-likeness (QED) is 0.822. The Kier molecular flexibility index (Phi) is 5.38. The summed E-state index contributed by atoms with van der Waals surface area (Å²) in [5.74, 6) is -1.31. The molecular weight excluding hydrogens is 280 g/mol. The van der Waals surface area contributed by atoms with E-state index in [1.165, 1.54) is 0 Å². The topological polar surface area (TPSA) is 67.4 Å². The van der Waals surface area contributed by atoms with Crippen molar-refractivity contribution < 1.29 is 14.3 Å². The van der Waals surface area contributed by atoms with Crippen LogP contribution in [0.15, 0.2) is 24.3 Å². The van der Waals surface area contributed by atoms with Crippen molar-refractivity contribution in [1.82, 2.24) is 10.6 Å². The highest BCUT2D eigenvalue weighted by Gasteiger charge is 2.19. The molecule has 2 rings (SSSR count). The summed E-state index contributed by atoms with van der Waals surface area (Å²) in [7, 11) is 0. The fraction of sp³-hybridized carbons (Fsp3) is 0.429. The lowest BCUT2D eigenvalue weighted by molar-refractivity contribution is -0.139. The predicted octanol–water partition coefficient (Wildman–Crippen LogP) is 1.25. The van der Waals surface area contributed by atoms with Crippen LogP contribution in [0.2, 0.25) is 5.02 Å². The number of carbonyl (C=O) groups is 2. The summed E-state index contributed by atoms with van der Waals surface area (Å²) in [6, 6.07) is 7.17. The number of rotatable bonds is 4. The minimum atomic E-state index is -0.664. The lowest BCUT2D eigenvalue weighted by Gasteiger charge is -2.11. The summed E-state index contributed by atoms with van der Waals surface area (Å²) in [6.07, 6.45) is 1.94. The summed E-state index contributed by atoms with van der Waals surface area (Å²) >= 11 is 5.97. The van der Waals surface area contributed by atoms with Gasteiger partial charge in [0.25, 0.3) is 0 Å². The molecule has 0 spiro atoms. The number of amides is 2. The van der Waals surface area contributed by atoms with Crippen molar-refractivity contribution in [2.75, 3.05) is 13.2 Å². The number of hydrogen-bond acceptors (Lipinski definition) is 3. The minimum Gasteiger partial charge on any atom is -0.376 e. The molecule has 20 heavy (non-hydrogen) atoms. The summed E-state index contributed by atoms with van der Waals surface area (Å²) in [5.41, 5.74) is 0.773. The fourth-order valence-electron chi connectivity index (χ4n) is 1.99. The molecule has 1 aromatic carbocycles. The van der Waals surface area contributed by atoms with Gasteiger partial charge >= 0.3 is 11.8 Å². The van der Waals surface area contributed by atoms with Crippen LogP contribution in [-0.2, 0) is 20.9 Å². The fourth-order valence-corrected chi connectivity index (χ4v) is 2.19. The largest absolute Gasteiger partial charge is 0.376 e. The second kappa shape index (κ2) is 7.26. The summed E-state index contributed by atoms with van der Waals surface area (Å²) in [5, 5.41) is 5.67. The van der Waals surface area contributed by atoms with Crippen LogP contribution in [0.3, 0.4) is 0 Å². The number of nitrogens with one attached hydrogen (secondary N) is 2. The van der Waals surface area contributed by atoms with Crippen LogP contribution in [-0.4, -0.2) is 31.1 Å². The van der Waals surface area contributed by atoms with Gasteiger partial charge in [0.05, 0.1) is 6.10 Å². The average molecular weight is 297 g/mol. The van der Waals surface area contributed by atoms with E-state index in [4.69, 9.17) is 16.3 Å². The van der Waals surface area contributed by atoms with E-state index >= 15 is 0 Å². The Bertz CT molecular complexity index is 487. The molecule has 0 aromatic heterocycles. The Balaban J connectivity index is 1.73. The molecule has 1 atom stereocenters. The van der Waals surface area contributed by atoms with Crippen molar-refractivity contribution in [3.63, 3.8) is 0 Å². The molecule has 1 aromatic rings. The number of ether oxygens (including phenoxy) is 1. The molecule has 0 saturated carbocycles. The van der Waals surface area contributed by atoms with E-state index in [0.29, 0.717) is 11.6 Å². The van der Waals surface area contributed by atoms with Crippen molar-refractivity contribution >= 4 is 23.4 Å². The maximum absolute atomic E-state index is 11.6. The van der Waals surface area contributed by atoms with Gasteiger partial charge in [0.1, 0.15) is 0 Å². The first-order valence-electron chi connectivity index (χ1n) is 6.58. The zero-order valence-corrected chi connectivity index (χ0v) is 11.8. The molecule has 5 nitrogen and oxygen atoms in total. The van der Waals surface area contributed by atoms with Gasteiger partial charge in [-0.15, -0.1) is 0 Å². The number of hydrogen-bond donors (Lipinski definition) is 2. The van der Waals surface area contributed by atoms with Crippen LogP contribution in [0.4, 0.5) is 0 Å². The van der Waals surface area contributed by atoms with E-state index < -0.39 is 11.8 Å². The molecular formula is C14H17ClN2O3. The van der Waals surface area contributed by atoms with Crippen molar-refractivity contribution in [3.8, 4) is 0 Å². The number of benzene rings is 1. The third kappa shape index (κ3) is 4.21. The molecule has 0 radical (unpaired) electrons. The molecule has 1 unspecified atom stereocenters. The van der Waals surface area contributed by atoms with Crippen molar-refractivity contribution in [1.29, 1.82) is 0 Å². The molecule has 1 heterocycles. The predicted molar refractivity (Wildman–Crippen MR) is 75.3 cm³/mol. The highest BCUT2D eigenvalue weighted by atomic mass is 35.5. The van der Waals surface area contributed by atoms with Gasteiger partial charge in [0.15, 0.2) is 0 Å².